The summed E-state index contributed by atoms with van der Waals surface area (Å²) in [6.07, 6.45) is 1.91. The first-order valence-corrected chi connectivity index (χ1v) is 7.18. The Balaban J connectivity index is 2.11. The number of urea groups is 1. The van der Waals surface area contributed by atoms with E-state index in [9.17, 15) is 24.5 Å². The Labute approximate surface area is 136 Å². The summed E-state index contributed by atoms with van der Waals surface area (Å²) < 4.78 is 4.70. The third-order valence-corrected chi connectivity index (χ3v) is 3.45. The van der Waals surface area contributed by atoms with Crippen molar-refractivity contribution < 1.29 is 24.0 Å². The molecule has 0 aliphatic carbocycles. The number of ether oxygens (including phenoxy) is 1. The molecule has 1 aliphatic rings. The number of esters is 1. The van der Waals surface area contributed by atoms with E-state index in [1.807, 2.05) is 4.90 Å². The van der Waals surface area contributed by atoms with E-state index in [-0.39, 0.29) is 11.3 Å². The van der Waals surface area contributed by atoms with E-state index in [4.69, 9.17) is 10.5 Å². The number of anilines is 1. The zero-order valence-corrected chi connectivity index (χ0v) is 12.7. The Hall–Kier alpha value is -3.17. The third kappa shape index (κ3) is 4.18. The van der Waals surface area contributed by atoms with Gasteiger partial charge >= 0.3 is 12.0 Å². The predicted molar refractivity (Wildman–Crippen MR) is 82.6 cm³/mol. The van der Waals surface area contributed by atoms with E-state index in [1.54, 1.807) is 5.32 Å². The molecule has 10 nitrogen and oxygen atoms in total. The van der Waals surface area contributed by atoms with Crippen molar-refractivity contribution >= 4 is 29.3 Å². The van der Waals surface area contributed by atoms with Gasteiger partial charge in [-0.1, -0.05) is 0 Å². The predicted octanol–water partition coefficient (Wildman–Crippen LogP) is 0.547. The van der Waals surface area contributed by atoms with E-state index in [1.165, 1.54) is 12.1 Å². The van der Waals surface area contributed by atoms with Gasteiger partial charge in [0, 0.05) is 19.2 Å². The number of nitrogens with two attached hydrogens (primary N) is 1. The van der Waals surface area contributed by atoms with E-state index >= 15 is 0 Å². The van der Waals surface area contributed by atoms with Crippen molar-refractivity contribution in [1.29, 1.82) is 0 Å². The van der Waals surface area contributed by atoms with Crippen molar-refractivity contribution in [2.45, 2.75) is 12.8 Å². The highest BCUT2D eigenvalue weighted by Gasteiger charge is 2.24. The standard InChI is InChI=1S/C14H16N4O6/c15-14(21)16-12(19)8-24-13(20)9-3-4-10(11(7-9)18(22)23)17-5-1-2-6-17/h3-4,7H,1-2,5-6,8H2,(H3,15,16,19,21). The number of nitro groups is 1. The highest BCUT2D eigenvalue weighted by Crippen LogP contribution is 2.31. The highest BCUT2D eigenvalue weighted by molar-refractivity contribution is 5.97. The van der Waals surface area contributed by atoms with Crippen LogP contribution in [0.25, 0.3) is 0 Å². The molecule has 0 bridgehead atoms. The molecule has 0 radical (unpaired) electrons. The van der Waals surface area contributed by atoms with Crippen LogP contribution in [0.3, 0.4) is 0 Å². The van der Waals surface area contributed by atoms with Gasteiger partial charge in [0.05, 0.1) is 10.5 Å². The van der Waals surface area contributed by atoms with Crippen LogP contribution in [0.5, 0.6) is 0 Å². The minimum atomic E-state index is -1.07. The number of nitro benzene ring substituents is 1. The Morgan fingerprint density at radius 3 is 2.54 bits per heavy atom. The Kier molecular flexibility index (Phi) is 5.30. The van der Waals surface area contributed by atoms with Crippen molar-refractivity contribution in [3.8, 4) is 0 Å². The van der Waals surface area contributed by atoms with Gasteiger partial charge in [-0.15, -0.1) is 0 Å². The lowest BCUT2D eigenvalue weighted by atomic mass is 10.1. The SMILES string of the molecule is NC(=O)NC(=O)COC(=O)c1ccc(N2CCCC2)c([N+](=O)[O-])c1. The molecular weight excluding hydrogens is 320 g/mol. The number of carbonyl (C=O) groups excluding carboxylic acids is 3. The van der Waals surface area contributed by atoms with Gasteiger partial charge in [-0.2, -0.15) is 0 Å². The first-order valence-electron chi connectivity index (χ1n) is 7.18. The second-order valence-electron chi connectivity index (χ2n) is 5.14. The van der Waals surface area contributed by atoms with Crippen molar-refractivity contribution in [2.75, 3.05) is 24.6 Å². The number of carbonyl (C=O) groups is 3. The molecule has 0 saturated carbocycles. The molecule has 0 atom stereocenters. The van der Waals surface area contributed by atoms with Crippen LogP contribution in [0.1, 0.15) is 23.2 Å². The normalized spacial score (nSPS) is 13.4. The number of hydrogen-bond donors (Lipinski definition) is 2. The van der Waals surface area contributed by atoms with Crippen LogP contribution in [0.4, 0.5) is 16.2 Å². The highest BCUT2D eigenvalue weighted by atomic mass is 16.6. The van der Waals surface area contributed by atoms with Gasteiger partial charge in [0.15, 0.2) is 6.61 Å². The average Bonchev–Trinajstić information content (AvgIpc) is 3.05. The van der Waals surface area contributed by atoms with Crippen LogP contribution in [0.15, 0.2) is 18.2 Å². The number of nitrogens with one attached hydrogen (secondary N) is 1. The summed E-state index contributed by atoms with van der Waals surface area (Å²) in [5.41, 5.74) is 4.93. The number of rotatable bonds is 5. The quantitative estimate of drug-likeness (QED) is 0.453. The van der Waals surface area contributed by atoms with Gasteiger partial charge in [0.25, 0.3) is 11.6 Å². The molecule has 1 aromatic rings. The van der Waals surface area contributed by atoms with Crippen LogP contribution in [-0.4, -0.2) is 42.5 Å². The Morgan fingerprint density at radius 2 is 1.96 bits per heavy atom. The lowest BCUT2D eigenvalue weighted by Crippen LogP contribution is -2.37. The van der Waals surface area contributed by atoms with Crippen LogP contribution >= 0.6 is 0 Å². The van der Waals surface area contributed by atoms with Crippen molar-refractivity contribution in [2.24, 2.45) is 5.73 Å². The fourth-order valence-electron chi connectivity index (χ4n) is 2.41. The molecule has 24 heavy (non-hydrogen) atoms. The number of imide groups is 1. The number of benzene rings is 1. The monoisotopic (exact) mass is 336 g/mol. The molecule has 0 spiro atoms. The summed E-state index contributed by atoms with van der Waals surface area (Å²) in [5, 5.41) is 13.0. The fraction of sp³-hybridized carbons (Fsp3) is 0.357. The topological polar surface area (TPSA) is 145 Å². The number of hydrogen-bond acceptors (Lipinski definition) is 7. The molecule has 2 rings (SSSR count). The molecule has 0 aromatic heterocycles. The van der Waals surface area contributed by atoms with Gasteiger partial charge in [-0.25, -0.2) is 9.59 Å². The zero-order chi connectivity index (χ0) is 17.7. The Morgan fingerprint density at radius 1 is 1.29 bits per heavy atom. The second-order valence-corrected chi connectivity index (χ2v) is 5.14. The van der Waals surface area contributed by atoms with E-state index in [2.05, 4.69) is 0 Å². The minimum Gasteiger partial charge on any atom is -0.452 e. The molecule has 1 heterocycles. The molecule has 1 fully saturated rings. The summed E-state index contributed by atoms with van der Waals surface area (Å²) in [6, 6.07) is 2.93. The van der Waals surface area contributed by atoms with Crippen LogP contribution in [0, 0.1) is 10.1 Å². The van der Waals surface area contributed by atoms with Gasteiger partial charge in [-0.3, -0.25) is 20.2 Å². The number of amides is 3. The number of nitrogens with zero attached hydrogens (tertiary/aromatic N) is 2. The second kappa shape index (κ2) is 7.40. The summed E-state index contributed by atoms with van der Waals surface area (Å²) in [5.74, 6) is -1.80. The maximum Gasteiger partial charge on any atom is 0.338 e. The fourth-order valence-corrected chi connectivity index (χ4v) is 2.41. The largest absolute Gasteiger partial charge is 0.452 e. The molecular formula is C14H16N4O6. The average molecular weight is 336 g/mol. The molecule has 1 aliphatic heterocycles. The summed E-state index contributed by atoms with van der Waals surface area (Å²) in [4.78, 5) is 46.1. The lowest BCUT2D eigenvalue weighted by Gasteiger charge is -2.17. The first kappa shape index (κ1) is 17.2. The maximum absolute atomic E-state index is 11.9. The molecule has 1 saturated heterocycles. The smallest absolute Gasteiger partial charge is 0.338 e. The van der Waals surface area contributed by atoms with Crippen LogP contribution in [-0.2, 0) is 9.53 Å². The number of primary amides is 1. The molecule has 10 heteroatoms. The molecule has 3 N–H and O–H groups in total. The first-order chi connectivity index (χ1) is 11.4. The molecule has 0 unspecified atom stereocenters. The van der Waals surface area contributed by atoms with Crippen molar-refractivity contribution in [1.82, 2.24) is 5.32 Å². The Bertz CT molecular complexity index is 684. The van der Waals surface area contributed by atoms with Gasteiger partial charge in [0.2, 0.25) is 0 Å². The molecule has 3 amide bonds. The maximum atomic E-state index is 11.9. The van der Waals surface area contributed by atoms with Gasteiger partial charge in [-0.05, 0) is 25.0 Å². The van der Waals surface area contributed by atoms with Crippen molar-refractivity contribution in [3.63, 3.8) is 0 Å². The summed E-state index contributed by atoms with van der Waals surface area (Å²) in [7, 11) is 0. The summed E-state index contributed by atoms with van der Waals surface area (Å²) in [6.45, 7) is 0.722. The van der Waals surface area contributed by atoms with Crippen LogP contribution < -0.4 is 16.0 Å². The molecule has 1 aromatic carbocycles. The zero-order valence-electron chi connectivity index (χ0n) is 12.7. The van der Waals surface area contributed by atoms with Crippen molar-refractivity contribution in [3.05, 3.63) is 33.9 Å². The van der Waals surface area contributed by atoms with Gasteiger partial charge < -0.3 is 15.4 Å². The van der Waals surface area contributed by atoms with Gasteiger partial charge in [0.1, 0.15) is 5.69 Å². The van der Waals surface area contributed by atoms with E-state index in [0.717, 1.165) is 32.0 Å². The molecule has 128 valence electrons. The van der Waals surface area contributed by atoms with E-state index in [0.29, 0.717) is 5.69 Å². The minimum absolute atomic E-state index is 0.0588. The summed E-state index contributed by atoms with van der Waals surface area (Å²) >= 11 is 0. The van der Waals surface area contributed by atoms with E-state index < -0.39 is 29.4 Å². The van der Waals surface area contributed by atoms with Crippen LogP contribution in [0.2, 0.25) is 0 Å². The third-order valence-electron chi connectivity index (χ3n) is 3.45. The lowest BCUT2D eigenvalue weighted by molar-refractivity contribution is -0.384.